The maximum absolute atomic E-state index is 13.0. The van der Waals surface area contributed by atoms with E-state index < -0.39 is 0 Å². The van der Waals surface area contributed by atoms with Gasteiger partial charge in [-0.1, -0.05) is 24.3 Å². The Kier molecular flexibility index (Phi) is 3.76. The van der Waals surface area contributed by atoms with Gasteiger partial charge in [-0.25, -0.2) is 9.37 Å². The minimum Gasteiger partial charge on any atom is -0.341 e. The molecular weight excluding hydrogens is 305 g/mol. The van der Waals surface area contributed by atoms with Crippen molar-refractivity contribution in [3.8, 4) is 0 Å². The lowest BCUT2D eigenvalue weighted by atomic mass is 9.99. The topological polar surface area (TPSA) is 38.1 Å². The summed E-state index contributed by atoms with van der Waals surface area (Å²) in [7, 11) is 0. The molecule has 3 aromatic rings. The highest BCUT2D eigenvalue weighted by atomic mass is 19.1. The van der Waals surface area contributed by atoms with Crippen LogP contribution in [0.5, 0.6) is 0 Å². The second-order valence-corrected chi connectivity index (χ2v) is 6.24. The number of nitrogens with zero attached hydrogens (tertiary/aromatic N) is 3. The number of likely N-dealkylation sites (tertiary alicyclic amines) is 1. The molecule has 1 saturated heterocycles. The number of aromatic nitrogens is 2. The highest BCUT2D eigenvalue weighted by molar-refractivity contribution is 5.80. The van der Waals surface area contributed by atoms with E-state index in [0.717, 1.165) is 29.6 Å². The minimum absolute atomic E-state index is 0.0998. The number of hydrogen-bond donors (Lipinski definition) is 0. The molecule has 4 rings (SSSR count). The normalized spacial score (nSPS) is 17.5. The van der Waals surface area contributed by atoms with Gasteiger partial charge in [-0.3, -0.25) is 4.79 Å². The minimum atomic E-state index is -0.225. The largest absolute Gasteiger partial charge is 0.341 e. The standard InChI is InChI=1S/C19H18FN3O/c20-16-7-5-14(6-8-16)15-9-10-22(11-15)19(24)12-23-13-21-17-3-1-2-4-18(17)23/h1-8,13,15H,9-12H2. The number of fused-ring (bicyclic) bond motifs is 1. The molecule has 0 N–H and O–H groups in total. The van der Waals surface area contributed by atoms with E-state index in [1.54, 1.807) is 6.33 Å². The Hall–Kier alpha value is -2.69. The summed E-state index contributed by atoms with van der Waals surface area (Å²) >= 11 is 0. The van der Waals surface area contributed by atoms with Crippen LogP contribution in [-0.4, -0.2) is 33.4 Å². The average molecular weight is 323 g/mol. The second kappa shape index (κ2) is 6.07. The van der Waals surface area contributed by atoms with Gasteiger partial charge in [-0.05, 0) is 36.2 Å². The van der Waals surface area contributed by atoms with Crippen LogP contribution in [0.4, 0.5) is 4.39 Å². The molecule has 122 valence electrons. The Morgan fingerprint density at radius 1 is 1.17 bits per heavy atom. The molecular formula is C19H18FN3O. The number of hydrogen-bond acceptors (Lipinski definition) is 2. The average Bonchev–Trinajstić information content (AvgIpc) is 3.23. The van der Waals surface area contributed by atoms with E-state index in [2.05, 4.69) is 4.98 Å². The fourth-order valence-electron chi connectivity index (χ4n) is 3.38. The van der Waals surface area contributed by atoms with Gasteiger partial charge in [0.15, 0.2) is 0 Å². The summed E-state index contributed by atoms with van der Waals surface area (Å²) in [6.45, 7) is 1.74. The molecule has 2 aromatic carbocycles. The van der Waals surface area contributed by atoms with Gasteiger partial charge in [0.2, 0.25) is 5.91 Å². The van der Waals surface area contributed by atoms with Crippen LogP contribution in [0.3, 0.4) is 0 Å². The number of para-hydroxylation sites is 2. The summed E-state index contributed by atoms with van der Waals surface area (Å²) in [4.78, 5) is 18.8. The molecule has 1 unspecified atom stereocenters. The molecule has 0 radical (unpaired) electrons. The van der Waals surface area contributed by atoms with Crippen LogP contribution < -0.4 is 0 Å². The summed E-state index contributed by atoms with van der Waals surface area (Å²) < 4.78 is 14.9. The molecule has 4 nitrogen and oxygen atoms in total. The monoisotopic (exact) mass is 323 g/mol. The highest BCUT2D eigenvalue weighted by Crippen LogP contribution is 2.27. The molecule has 1 fully saturated rings. The van der Waals surface area contributed by atoms with E-state index in [0.29, 0.717) is 13.1 Å². The van der Waals surface area contributed by atoms with Gasteiger partial charge in [0.1, 0.15) is 12.4 Å². The first-order chi connectivity index (χ1) is 11.7. The van der Waals surface area contributed by atoms with E-state index in [1.165, 1.54) is 12.1 Å². The van der Waals surface area contributed by atoms with E-state index >= 15 is 0 Å². The summed E-state index contributed by atoms with van der Waals surface area (Å²) in [5.74, 6) is 0.161. The zero-order valence-corrected chi connectivity index (χ0v) is 13.2. The van der Waals surface area contributed by atoms with Crippen LogP contribution in [0.25, 0.3) is 11.0 Å². The lowest BCUT2D eigenvalue weighted by Gasteiger charge is -2.17. The van der Waals surface area contributed by atoms with Crippen LogP contribution in [0.1, 0.15) is 17.9 Å². The third kappa shape index (κ3) is 2.77. The van der Waals surface area contributed by atoms with E-state index in [4.69, 9.17) is 0 Å². The smallest absolute Gasteiger partial charge is 0.242 e. The van der Waals surface area contributed by atoms with Gasteiger partial charge < -0.3 is 9.47 Å². The van der Waals surface area contributed by atoms with Gasteiger partial charge in [0, 0.05) is 19.0 Å². The van der Waals surface area contributed by atoms with Crippen molar-refractivity contribution in [2.75, 3.05) is 13.1 Å². The van der Waals surface area contributed by atoms with Crippen molar-refractivity contribution in [1.29, 1.82) is 0 Å². The van der Waals surface area contributed by atoms with Gasteiger partial charge >= 0.3 is 0 Å². The first kappa shape index (κ1) is 14.9. The zero-order valence-electron chi connectivity index (χ0n) is 13.2. The molecule has 5 heteroatoms. The maximum atomic E-state index is 13.0. The second-order valence-electron chi connectivity index (χ2n) is 6.24. The number of carbonyl (C=O) groups is 1. The van der Waals surface area contributed by atoms with Gasteiger partial charge in [-0.2, -0.15) is 0 Å². The van der Waals surface area contributed by atoms with Crippen molar-refractivity contribution in [1.82, 2.24) is 14.5 Å². The number of carbonyl (C=O) groups excluding carboxylic acids is 1. The highest BCUT2D eigenvalue weighted by Gasteiger charge is 2.27. The lowest BCUT2D eigenvalue weighted by molar-refractivity contribution is -0.130. The number of imidazole rings is 1. The van der Waals surface area contributed by atoms with Crippen LogP contribution in [0, 0.1) is 5.82 Å². The first-order valence-corrected chi connectivity index (χ1v) is 8.14. The predicted molar refractivity (Wildman–Crippen MR) is 90.1 cm³/mol. The summed E-state index contributed by atoms with van der Waals surface area (Å²) in [6, 6.07) is 14.4. The molecule has 0 bridgehead atoms. The van der Waals surface area contributed by atoms with Crippen LogP contribution in [0.2, 0.25) is 0 Å². The van der Waals surface area contributed by atoms with Crippen molar-refractivity contribution < 1.29 is 9.18 Å². The SMILES string of the molecule is O=C(Cn1cnc2ccccc21)N1CCC(c2ccc(F)cc2)C1. The van der Waals surface area contributed by atoms with Gasteiger partial charge in [0.25, 0.3) is 0 Å². The van der Waals surface area contributed by atoms with Crippen molar-refractivity contribution >= 4 is 16.9 Å². The zero-order chi connectivity index (χ0) is 16.5. The lowest BCUT2D eigenvalue weighted by Crippen LogP contribution is -2.31. The van der Waals surface area contributed by atoms with Crippen molar-refractivity contribution in [2.24, 2.45) is 0 Å². The summed E-state index contributed by atoms with van der Waals surface area (Å²) in [5.41, 5.74) is 2.97. The Morgan fingerprint density at radius 2 is 1.96 bits per heavy atom. The van der Waals surface area contributed by atoms with Crippen LogP contribution in [-0.2, 0) is 11.3 Å². The van der Waals surface area contributed by atoms with E-state index in [-0.39, 0.29) is 17.6 Å². The summed E-state index contributed by atoms with van der Waals surface area (Å²) in [6.07, 6.45) is 2.64. The number of benzene rings is 2. The van der Waals surface area contributed by atoms with Crippen LogP contribution in [0.15, 0.2) is 54.9 Å². The molecule has 1 aromatic heterocycles. The molecule has 0 aliphatic carbocycles. The number of amides is 1. The summed E-state index contributed by atoms with van der Waals surface area (Å²) in [5, 5.41) is 0. The molecule has 0 saturated carbocycles. The molecule has 1 amide bonds. The van der Waals surface area contributed by atoms with Crippen molar-refractivity contribution in [2.45, 2.75) is 18.9 Å². The van der Waals surface area contributed by atoms with Crippen molar-refractivity contribution in [3.05, 3.63) is 66.2 Å². The van der Waals surface area contributed by atoms with E-state index in [1.807, 2.05) is 45.9 Å². The molecule has 1 aliphatic rings. The molecule has 0 spiro atoms. The Labute approximate surface area is 139 Å². The molecule has 1 aliphatic heterocycles. The predicted octanol–water partition coefficient (Wildman–Crippen LogP) is 3.19. The first-order valence-electron chi connectivity index (χ1n) is 8.14. The molecule has 1 atom stereocenters. The molecule has 24 heavy (non-hydrogen) atoms. The molecule has 2 heterocycles. The van der Waals surface area contributed by atoms with Gasteiger partial charge in [-0.15, -0.1) is 0 Å². The third-order valence-electron chi connectivity index (χ3n) is 4.72. The van der Waals surface area contributed by atoms with Crippen molar-refractivity contribution in [3.63, 3.8) is 0 Å². The Morgan fingerprint density at radius 3 is 2.79 bits per heavy atom. The number of halogens is 1. The Bertz CT molecular complexity index is 872. The van der Waals surface area contributed by atoms with Gasteiger partial charge in [0.05, 0.1) is 17.4 Å². The number of rotatable bonds is 3. The van der Waals surface area contributed by atoms with E-state index in [9.17, 15) is 9.18 Å². The maximum Gasteiger partial charge on any atom is 0.242 e. The fraction of sp³-hybridized carbons (Fsp3) is 0.263. The quantitative estimate of drug-likeness (QED) is 0.742. The fourth-order valence-corrected chi connectivity index (χ4v) is 3.38. The Balaban J connectivity index is 1.45. The third-order valence-corrected chi connectivity index (χ3v) is 4.72. The van der Waals surface area contributed by atoms with Crippen LogP contribution >= 0.6 is 0 Å².